The van der Waals surface area contributed by atoms with Gasteiger partial charge in [0, 0.05) is 11.3 Å². The van der Waals surface area contributed by atoms with Crippen molar-refractivity contribution in [1.82, 2.24) is 5.32 Å². The number of nitrogens with one attached hydrogen (secondary N) is 1. The molecule has 0 aromatic heterocycles. The molecule has 78 valence electrons. The third-order valence-electron chi connectivity index (χ3n) is 2.85. The fraction of sp³-hybridized carbons (Fsp3) is 1.00. The second-order valence-corrected chi connectivity index (χ2v) is 4.90. The third kappa shape index (κ3) is 2.19. The first-order valence-corrected chi connectivity index (χ1v) is 4.94. The Morgan fingerprint density at radius 3 is 1.92 bits per heavy atom. The van der Waals surface area contributed by atoms with Crippen molar-refractivity contribution >= 4 is 0 Å². The first-order valence-electron chi connectivity index (χ1n) is 4.94. The Balaban J connectivity index is 2.67. The van der Waals surface area contributed by atoms with E-state index in [0.717, 1.165) is 13.1 Å². The van der Waals surface area contributed by atoms with Crippen molar-refractivity contribution in [3.63, 3.8) is 0 Å². The molecule has 1 saturated heterocycles. The molecular weight excluding hydrogens is 172 g/mol. The van der Waals surface area contributed by atoms with E-state index in [1.807, 2.05) is 0 Å². The summed E-state index contributed by atoms with van der Waals surface area (Å²) < 4.78 is 27.6. The van der Waals surface area contributed by atoms with Crippen molar-refractivity contribution < 1.29 is 8.78 Å². The summed E-state index contributed by atoms with van der Waals surface area (Å²) in [6.45, 7) is 6.33. The maximum atomic E-state index is 13.8. The van der Waals surface area contributed by atoms with Crippen LogP contribution in [0.15, 0.2) is 0 Å². The predicted octanol–water partition coefficient (Wildman–Crippen LogP) is 2.67. The molecule has 13 heavy (non-hydrogen) atoms. The van der Waals surface area contributed by atoms with E-state index in [0.29, 0.717) is 12.8 Å². The number of rotatable bonds is 1. The molecule has 0 spiro atoms. The molecule has 0 aromatic rings. The van der Waals surface area contributed by atoms with Gasteiger partial charge in [0.05, 0.1) is 0 Å². The molecular formula is C10H19F2N. The molecule has 0 saturated carbocycles. The lowest BCUT2D eigenvalue weighted by atomic mass is 9.76. The summed E-state index contributed by atoms with van der Waals surface area (Å²) in [7, 11) is 0. The van der Waals surface area contributed by atoms with Crippen LogP contribution in [-0.2, 0) is 0 Å². The number of hydrogen-bond donors (Lipinski definition) is 1. The van der Waals surface area contributed by atoms with Gasteiger partial charge < -0.3 is 5.32 Å². The number of alkyl halides is 2. The van der Waals surface area contributed by atoms with E-state index in [-0.39, 0.29) is 0 Å². The molecule has 1 fully saturated rings. The lowest BCUT2D eigenvalue weighted by molar-refractivity contribution is -0.149. The highest BCUT2D eigenvalue weighted by atomic mass is 19.3. The molecule has 0 atom stereocenters. The van der Waals surface area contributed by atoms with Gasteiger partial charge in [-0.05, 0) is 25.9 Å². The minimum Gasteiger partial charge on any atom is -0.317 e. The quantitative estimate of drug-likeness (QED) is 0.672. The zero-order chi connectivity index (χ0) is 10.1. The first kappa shape index (κ1) is 10.9. The maximum absolute atomic E-state index is 13.8. The summed E-state index contributed by atoms with van der Waals surface area (Å²) in [5, 5.41) is 3.10. The number of hydrogen-bond acceptors (Lipinski definition) is 1. The van der Waals surface area contributed by atoms with Crippen molar-refractivity contribution in [2.75, 3.05) is 13.1 Å². The minimum atomic E-state index is -2.53. The van der Waals surface area contributed by atoms with Gasteiger partial charge in [0.25, 0.3) is 5.92 Å². The van der Waals surface area contributed by atoms with Gasteiger partial charge in [-0.2, -0.15) is 0 Å². The van der Waals surface area contributed by atoms with Crippen molar-refractivity contribution in [2.24, 2.45) is 11.3 Å². The van der Waals surface area contributed by atoms with E-state index in [2.05, 4.69) is 5.32 Å². The van der Waals surface area contributed by atoms with Gasteiger partial charge >= 0.3 is 0 Å². The second-order valence-electron chi connectivity index (χ2n) is 4.90. The Kier molecular flexibility index (Phi) is 2.95. The van der Waals surface area contributed by atoms with Crippen molar-refractivity contribution in [3.05, 3.63) is 0 Å². The van der Waals surface area contributed by atoms with E-state index < -0.39 is 17.3 Å². The summed E-state index contributed by atoms with van der Waals surface area (Å²) in [5.41, 5.74) is -0.908. The highest BCUT2D eigenvalue weighted by Crippen LogP contribution is 2.44. The lowest BCUT2D eigenvalue weighted by Crippen LogP contribution is -2.45. The number of piperidine rings is 1. The third-order valence-corrected chi connectivity index (χ3v) is 2.85. The highest BCUT2D eigenvalue weighted by molar-refractivity contribution is 4.90. The summed E-state index contributed by atoms with van der Waals surface area (Å²) >= 11 is 0. The van der Waals surface area contributed by atoms with Crippen LogP contribution in [0.1, 0.15) is 33.6 Å². The van der Waals surface area contributed by atoms with Crippen LogP contribution in [-0.4, -0.2) is 19.0 Å². The van der Waals surface area contributed by atoms with Crippen LogP contribution in [0.2, 0.25) is 0 Å². The second kappa shape index (κ2) is 3.52. The van der Waals surface area contributed by atoms with E-state index in [1.165, 1.54) is 0 Å². The van der Waals surface area contributed by atoms with Crippen LogP contribution in [0.25, 0.3) is 0 Å². The molecule has 1 aliphatic heterocycles. The van der Waals surface area contributed by atoms with Crippen molar-refractivity contribution in [2.45, 2.75) is 39.5 Å². The minimum absolute atomic E-state index is 0.436. The van der Waals surface area contributed by atoms with Gasteiger partial charge in [0.2, 0.25) is 0 Å². The molecule has 3 heteroatoms. The molecule has 1 rings (SSSR count). The fourth-order valence-corrected chi connectivity index (χ4v) is 1.80. The summed E-state index contributed by atoms with van der Waals surface area (Å²) in [4.78, 5) is 0. The predicted molar refractivity (Wildman–Crippen MR) is 50.0 cm³/mol. The average Bonchev–Trinajstić information content (AvgIpc) is 2.04. The smallest absolute Gasteiger partial charge is 0.255 e. The van der Waals surface area contributed by atoms with Crippen molar-refractivity contribution in [1.29, 1.82) is 0 Å². The topological polar surface area (TPSA) is 12.0 Å². The Hall–Kier alpha value is -0.180. The lowest BCUT2D eigenvalue weighted by Gasteiger charge is -2.38. The molecule has 0 aromatic carbocycles. The zero-order valence-electron chi connectivity index (χ0n) is 8.66. The van der Waals surface area contributed by atoms with E-state index in [4.69, 9.17) is 0 Å². The normalized spacial score (nSPS) is 21.9. The highest BCUT2D eigenvalue weighted by Gasteiger charge is 2.49. The van der Waals surface area contributed by atoms with Gasteiger partial charge in [-0.25, -0.2) is 8.78 Å². The van der Waals surface area contributed by atoms with Crippen LogP contribution in [0.3, 0.4) is 0 Å². The van der Waals surface area contributed by atoms with Crippen LogP contribution >= 0.6 is 0 Å². The molecule has 0 bridgehead atoms. The van der Waals surface area contributed by atoms with Gasteiger partial charge in [-0.3, -0.25) is 0 Å². The SMILES string of the molecule is CC(C)(C)C(F)(F)C1CCNCC1. The van der Waals surface area contributed by atoms with Gasteiger partial charge in [-0.1, -0.05) is 20.8 Å². The maximum Gasteiger partial charge on any atom is 0.255 e. The zero-order valence-corrected chi connectivity index (χ0v) is 8.66. The van der Waals surface area contributed by atoms with Gasteiger partial charge in [0.15, 0.2) is 0 Å². The molecule has 1 N–H and O–H groups in total. The average molecular weight is 191 g/mol. The van der Waals surface area contributed by atoms with E-state index >= 15 is 0 Å². The monoisotopic (exact) mass is 191 g/mol. The molecule has 1 nitrogen and oxygen atoms in total. The van der Waals surface area contributed by atoms with Gasteiger partial charge in [-0.15, -0.1) is 0 Å². The Labute approximate surface area is 78.9 Å². The Morgan fingerprint density at radius 1 is 1.08 bits per heavy atom. The molecule has 0 aliphatic carbocycles. The van der Waals surface area contributed by atoms with Crippen LogP contribution in [0.5, 0.6) is 0 Å². The van der Waals surface area contributed by atoms with Crippen molar-refractivity contribution in [3.8, 4) is 0 Å². The van der Waals surface area contributed by atoms with Gasteiger partial charge in [0.1, 0.15) is 0 Å². The van der Waals surface area contributed by atoms with E-state index in [9.17, 15) is 8.78 Å². The van der Waals surface area contributed by atoms with E-state index in [1.54, 1.807) is 20.8 Å². The molecule has 1 heterocycles. The van der Waals surface area contributed by atoms with Crippen LogP contribution < -0.4 is 5.32 Å². The first-order chi connectivity index (χ1) is 5.86. The Bertz CT molecular complexity index is 166. The van der Waals surface area contributed by atoms with Crippen LogP contribution in [0, 0.1) is 11.3 Å². The summed E-state index contributed by atoms with van der Waals surface area (Å²) in [6, 6.07) is 0. The molecule has 0 unspecified atom stereocenters. The summed E-state index contributed by atoms with van der Waals surface area (Å²) in [6.07, 6.45) is 1.20. The number of halogens is 2. The molecule has 0 radical (unpaired) electrons. The Morgan fingerprint density at radius 2 is 1.54 bits per heavy atom. The largest absolute Gasteiger partial charge is 0.317 e. The fourth-order valence-electron chi connectivity index (χ4n) is 1.80. The molecule has 1 aliphatic rings. The summed E-state index contributed by atoms with van der Waals surface area (Å²) in [5.74, 6) is -2.97. The van der Waals surface area contributed by atoms with Crippen LogP contribution in [0.4, 0.5) is 8.78 Å². The molecule has 0 amide bonds. The standard InChI is InChI=1S/C10H19F2N/c1-9(2,3)10(11,12)8-4-6-13-7-5-8/h8,13H,4-7H2,1-3H3.